The molecule has 1 saturated heterocycles. The van der Waals surface area contributed by atoms with Crippen LogP contribution in [0.2, 0.25) is 0 Å². The lowest BCUT2D eigenvalue weighted by molar-refractivity contribution is -0.122. The van der Waals surface area contributed by atoms with Gasteiger partial charge in [0.05, 0.1) is 11.6 Å². The molecule has 1 atom stereocenters. The molecule has 0 aliphatic carbocycles. The van der Waals surface area contributed by atoms with Gasteiger partial charge in [-0.3, -0.25) is 9.59 Å². The smallest absolute Gasteiger partial charge is 0.229 e. The number of carbonyl (C=O) groups excluding carboxylic acids is 2. The van der Waals surface area contributed by atoms with Gasteiger partial charge in [-0.2, -0.15) is 5.10 Å². The van der Waals surface area contributed by atoms with E-state index in [1.807, 2.05) is 30.3 Å². The number of carbonyl (C=O) groups is 2. The van der Waals surface area contributed by atoms with Crippen LogP contribution in [0.4, 0.5) is 11.4 Å². The molecule has 26 heavy (non-hydrogen) atoms. The van der Waals surface area contributed by atoms with Crippen molar-refractivity contribution in [2.45, 2.75) is 6.42 Å². The van der Waals surface area contributed by atoms with Gasteiger partial charge in [-0.1, -0.05) is 18.2 Å². The third-order valence-electron chi connectivity index (χ3n) is 4.24. The Kier molecular flexibility index (Phi) is 4.14. The van der Waals surface area contributed by atoms with Gasteiger partial charge in [0.25, 0.3) is 0 Å². The molecule has 8 nitrogen and oxygen atoms in total. The summed E-state index contributed by atoms with van der Waals surface area (Å²) in [6, 6.07) is 12.8. The van der Waals surface area contributed by atoms with Crippen molar-refractivity contribution in [3.05, 3.63) is 61.3 Å². The summed E-state index contributed by atoms with van der Waals surface area (Å²) in [7, 11) is 0. The van der Waals surface area contributed by atoms with Crippen LogP contribution >= 0.6 is 0 Å². The summed E-state index contributed by atoms with van der Waals surface area (Å²) in [4.78, 5) is 34.8. The maximum Gasteiger partial charge on any atom is 0.229 e. The van der Waals surface area contributed by atoms with Gasteiger partial charge in [0.15, 0.2) is 5.82 Å². The number of nitrogens with zero attached hydrogens (tertiary/aromatic N) is 5. The summed E-state index contributed by atoms with van der Waals surface area (Å²) < 4.78 is 1.48. The third kappa shape index (κ3) is 3.04. The van der Waals surface area contributed by atoms with Gasteiger partial charge in [0.2, 0.25) is 11.8 Å². The lowest BCUT2D eigenvalue weighted by Gasteiger charge is -2.17. The number of aromatic nitrogens is 4. The molecule has 130 valence electrons. The van der Waals surface area contributed by atoms with Crippen molar-refractivity contribution in [2.24, 2.45) is 5.92 Å². The van der Waals surface area contributed by atoms with E-state index in [0.29, 0.717) is 18.1 Å². The van der Waals surface area contributed by atoms with Crippen LogP contribution in [0.25, 0.3) is 5.82 Å². The quantitative estimate of drug-likeness (QED) is 0.774. The van der Waals surface area contributed by atoms with Gasteiger partial charge >= 0.3 is 0 Å². The first-order valence-corrected chi connectivity index (χ1v) is 8.18. The van der Waals surface area contributed by atoms with Crippen molar-refractivity contribution in [3.63, 3.8) is 0 Å². The number of nitrogens with one attached hydrogen (secondary N) is 1. The Morgan fingerprint density at radius 2 is 2.00 bits per heavy atom. The van der Waals surface area contributed by atoms with E-state index in [9.17, 15) is 9.59 Å². The zero-order valence-electron chi connectivity index (χ0n) is 13.8. The summed E-state index contributed by atoms with van der Waals surface area (Å²) in [5.74, 6) is -0.223. The minimum Gasteiger partial charge on any atom is -0.323 e. The van der Waals surface area contributed by atoms with E-state index in [1.165, 1.54) is 17.3 Å². The normalized spacial score (nSPS) is 16.7. The van der Waals surface area contributed by atoms with Crippen LogP contribution in [0.3, 0.4) is 0 Å². The second-order valence-corrected chi connectivity index (χ2v) is 5.94. The van der Waals surface area contributed by atoms with Gasteiger partial charge in [0.1, 0.15) is 12.7 Å². The second-order valence-electron chi connectivity index (χ2n) is 5.94. The molecular formula is C18H16N6O2. The Morgan fingerprint density at radius 3 is 2.77 bits per heavy atom. The van der Waals surface area contributed by atoms with Gasteiger partial charge in [-0.25, -0.2) is 14.6 Å². The minimum atomic E-state index is -0.425. The summed E-state index contributed by atoms with van der Waals surface area (Å²) in [5.41, 5.74) is 1.33. The van der Waals surface area contributed by atoms with Crippen molar-refractivity contribution >= 4 is 23.2 Å². The van der Waals surface area contributed by atoms with Crippen LogP contribution in [0.5, 0.6) is 0 Å². The monoisotopic (exact) mass is 348 g/mol. The first kappa shape index (κ1) is 15.9. The van der Waals surface area contributed by atoms with Gasteiger partial charge in [0, 0.05) is 24.8 Å². The van der Waals surface area contributed by atoms with Crippen LogP contribution in [-0.4, -0.2) is 38.1 Å². The minimum absolute atomic E-state index is 0.0564. The molecule has 0 bridgehead atoms. The van der Waals surface area contributed by atoms with Crippen LogP contribution in [0.15, 0.2) is 61.3 Å². The van der Waals surface area contributed by atoms with Crippen LogP contribution in [0, 0.1) is 5.92 Å². The van der Waals surface area contributed by atoms with Crippen molar-refractivity contribution in [3.8, 4) is 5.82 Å². The molecule has 1 aromatic carbocycles. The van der Waals surface area contributed by atoms with E-state index in [-0.39, 0.29) is 18.2 Å². The predicted octanol–water partition coefficient (Wildman–Crippen LogP) is 1.65. The number of hydrogen-bond donors (Lipinski definition) is 1. The molecule has 0 spiro atoms. The zero-order chi connectivity index (χ0) is 17.9. The number of benzene rings is 1. The average Bonchev–Trinajstić information content (AvgIpc) is 3.33. The van der Waals surface area contributed by atoms with Crippen molar-refractivity contribution < 1.29 is 9.59 Å². The van der Waals surface area contributed by atoms with Crippen molar-refractivity contribution in [2.75, 3.05) is 16.8 Å². The number of pyridine rings is 1. The topological polar surface area (TPSA) is 93.0 Å². The molecule has 3 heterocycles. The number of rotatable bonds is 4. The maximum atomic E-state index is 12.7. The molecule has 1 aliphatic rings. The summed E-state index contributed by atoms with van der Waals surface area (Å²) in [6.45, 7) is 0.355. The lowest BCUT2D eigenvalue weighted by atomic mass is 10.1. The van der Waals surface area contributed by atoms with Gasteiger partial charge in [-0.15, -0.1) is 0 Å². The Bertz CT molecular complexity index is 926. The number of anilines is 2. The van der Waals surface area contributed by atoms with Gasteiger partial charge in [-0.05, 0) is 24.3 Å². The number of amides is 2. The molecule has 2 amide bonds. The molecule has 1 fully saturated rings. The number of para-hydroxylation sites is 1. The molecule has 3 aromatic rings. The molecule has 8 heteroatoms. The summed E-state index contributed by atoms with van der Waals surface area (Å²) in [5, 5.41) is 6.91. The molecule has 2 aromatic heterocycles. The van der Waals surface area contributed by atoms with E-state index >= 15 is 0 Å². The van der Waals surface area contributed by atoms with E-state index in [0.717, 1.165) is 5.69 Å². The highest BCUT2D eigenvalue weighted by Gasteiger charge is 2.35. The summed E-state index contributed by atoms with van der Waals surface area (Å²) >= 11 is 0. The fourth-order valence-electron chi connectivity index (χ4n) is 2.97. The highest BCUT2D eigenvalue weighted by atomic mass is 16.2. The van der Waals surface area contributed by atoms with Crippen molar-refractivity contribution in [1.82, 2.24) is 19.7 Å². The molecule has 1 N–H and O–H groups in total. The summed E-state index contributed by atoms with van der Waals surface area (Å²) in [6.07, 6.45) is 4.70. The lowest BCUT2D eigenvalue weighted by Crippen LogP contribution is -2.28. The highest BCUT2D eigenvalue weighted by Crippen LogP contribution is 2.26. The van der Waals surface area contributed by atoms with E-state index < -0.39 is 5.92 Å². The van der Waals surface area contributed by atoms with Crippen LogP contribution < -0.4 is 10.2 Å². The molecule has 0 radical (unpaired) electrons. The first-order chi connectivity index (χ1) is 12.7. The second kappa shape index (κ2) is 6.75. The Hall–Kier alpha value is -3.55. The van der Waals surface area contributed by atoms with Gasteiger partial charge < -0.3 is 10.2 Å². The number of hydrogen-bond acceptors (Lipinski definition) is 5. The predicted molar refractivity (Wildman–Crippen MR) is 94.7 cm³/mol. The Morgan fingerprint density at radius 1 is 1.15 bits per heavy atom. The molecular weight excluding hydrogens is 332 g/mol. The van der Waals surface area contributed by atoms with E-state index in [4.69, 9.17) is 0 Å². The fraction of sp³-hybridized carbons (Fsp3) is 0.167. The average molecular weight is 348 g/mol. The molecule has 1 unspecified atom stereocenters. The third-order valence-corrected chi connectivity index (χ3v) is 4.24. The van der Waals surface area contributed by atoms with E-state index in [1.54, 1.807) is 23.2 Å². The Balaban J connectivity index is 1.51. The maximum absolute atomic E-state index is 12.7. The van der Waals surface area contributed by atoms with Crippen molar-refractivity contribution in [1.29, 1.82) is 0 Å². The largest absolute Gasteiger partial charge is 0.323 e. The first-order valence-electron chi connectivity index (χ1n) is 8.18. The standard InChI is InChI=1S/C18H16N6O2/c25-16-9-13(10-23(16)14-5-2-1-3-6-14)18(26)22-15-7-4-8-20-17(15)24-12-19-11-21-24/h1-8,11-13H,9-10H2,(H,22,26). The fourth-order valence-corrected chi connectivity index (χ4v) is 2.97. The molecule has 1 aliphatic heterocycles. The SMILES string of the molecule is O=C(Nc1cccnc1-n1cncn1)C1CC(=O)N(c2ccccc2)C1. The molecule has 4 rings (SSSR count). The van der Waals surface area contributed by atoms with E-state index in [2.05, 4.69) is 20.4 Å². The highest BCUT2D eigenvalue weighted by molar-refractivity contribution is 6.03. The molecule has 0 saturated carbocycles. The zero-order valence-corrected chi connectivity index (χ0v) is 13.8. The van der Waals surface area contributed by atoms with Crippen LogP contribution in [-0.2, 0) is 9.59 Å². The van der Waals surface area contributed by atoms with Crippen LogP contribution in [0.1, 0.15) is 6.42 Å². The Labute approximate surface area is 149 Å².